The topological polar surface area (TPSA) is 84.0 Å². The predicted octanol–water partition coefficient (Wildman–Crippen LogP) is 2.55. The van der Waals surface area contributed by atoms with Crippen LogP contribution in [0.4, 0.5) is 4.79 Å². The maximum atomic E-state index is 13.1. The van der Waals surface area contributed by atoms with E-state index in [1.54, 1.807) is 12.1 Å². The average Bonchev–Trinajstić information content (AvgIpc) is 2.97. The van der Waals surface area contributed by atoms with Gasteiger partial charge in [-0.05, 0) is 24.6 Å². The summed E-state index contributed by atoms with van der Waals surface area (Å²) in [6.45, 7) is 3.33. The molecule has 7 nitrogen and oxygen atoms in total. The van der Waals surface area contributed by atoms with E-state index >= 15 is 0 Å². The Balaban J connectivity index is 1.91. The molecule has 0 spiro atoms. The fraction of sp³-hybridized carbons (Fsp3) is 0.300. The van der Waals surface area contributed by atoms with Crippen molar-refractivity contribution in [2.75, 3.05) is 13.2 Å². The van der Waals surface area contributed by atoms with Gasteiger partial charge >= 0.3 is 12.0 Å². The number of sulfonamides is 1. The number of hydrogen-bond donors (Lipinski definition) is 0. The number of esters is 1. The van der Waals surface area contributed by atoms with E-state index in [9.17, 15) is 18.0 Å². The van der Waals surface area contributed by atoms with E-state index in [0.717, 1.165) is 15.4 Å². The Morgan fingerprint density at radius 2 is 1.75 bits per heavy atom. The molecular weight excluding hydrogens is 380 g/mol. The Labute approximate surface area is 164 Å². The summed E-state index contributed by atoms with van der Waals surface area (Å²) < 4.78 is 32.2. The van der Waals surface area contributed by atoms with Crippen molar-refractivity contribution in [3.63, 3.8) is 0 Å². The van der Waals surface area contributed by atoms with Crippen LogP contribution < -0.4 is 0 Å². The first-order valence-electron chi connectivity index (χ1n) is 8.86. The van der Waals surface area contributed by atoms with Gasteiger partial charge in [-0.15, -0.1) is 0 Å². The van der Waals surface area contributed by atoms with Crippen LogP contribution in [0.25, 0.3) is 0 Å². The molecule has 0 saturated carbocycles. The van der Waals surface area contributed by atoms with E-state index in [-0.39, 0.29) is 24.6 Å². The molecule has 1 saturated heterocycles. The molecule has 1 fully saturated rings. The van der Waals surface area contributed by atoms with Gasteiger partial charge in [-0.1, -0.05) is 48.0 Å². The van der Waals surface area contributed by atoms with Crippen molar-refractivity contribution < 1.29 is 22.7 Å². The molecule has 8 heteroatoms. The first kappa shape index (κ1) is 19.9. The number of urea groups is 1. The van der Waals surface area contributed by atoms with Crippen molar-refractivity contribution in [1.82, 2.24) is 9.21 Å². The van der Waals surface area contributed by atoms with Gasteiger partial charge in [-0.2, -0.15) is 0 Å². The molecule has 0 radical (unpaired) electrons. The minimum Gasteiger partial charge on any atom is -0.464 e. The molecule has 2 aromatic carbocycles. The molecule has 1 aliphatic heterocycles. The first-order valence-corrected chi connectivity index (χ1v) is 10.3. The average molecular weight is 402 g/mol. The fourth-order valence-corrected chi connectivity index (χ4v) is 4.64. The van der Waals surface area contributed by atoms with Gasteiger partial charge in [-0.25, -0.2) is 17.5 Å². The molecular formula is C20H22N2O5S. The van der Waals surface area contributed by atoms with Crippen molar-refractivity contribution in [3.8, 4) is 0 Å². The highest BCUT2D eigenvalue weighted by Crippen LogP contribution is 2.27. The minimum absolute atomic E-state index is 0.0286. The summed E-state index contributed by atoms with van der Waals surface area (Å²) in [5.41, 5.74) is 1.80. The van der Waals surface area contributed by atoms with Gasteiger partial charge in [0.1, 0.15) is 12.6 Å². The van der Waals surface area contributed by atoms with E-state index in [0.29, 0.717) is 0 Å². The van der Waals surface area contributed by atoms with Crippen LogP contribution in [0, 0.1) is 6.92 Å². The lowest BCUT2D eigenvalue weighted by molar-refractivity contribution is -0.141. The van der Waals surface area contributed by atoms with Gasteiger partial charge in [-0.3, -0.25) is 4.79 Å². The van der Waals surface area contributed by atoms with Gasteiger partial charge < -0.3 is 9.64 Å². The van der Waals surface area contributed by atoms with Crippen LogP contribution in [-0.4, -0.2) is 48.8 Å². The number of ether oxygens (including phenoxy) is 1. The number of amides is 2. The normalized spacial score (nSPS) is 17.1. The quantitative estimate of drug-likeness (QED) is 0.694. The smallest absolute Gasteiger partial charge is 0.334 e. The molecule has 148 valence electrons. The zero-order valence-electron chi connectivity index (χ0n) is 15.7. The third kappa shape index (κ3) is 4.17. The molecule has 1 aliphatic rings. The number of aryl methyl sites for hydroxylation is 1. The second kappa shape index (κ2) is 8.02. The van der Waals surface area contributed by atoms with Crippen LogP contribution in [0.2, 0.25) is 0 Å². The Morgan fingerprint density at radius 1 is 1.11 bits per heavy atom. The minimum atomic E-state index is -4.08. The highest BCUT2D eigenvalue weighted by Gasteiger charge is 2.45. The van der Waals surface area contributed by atoms with Gasteiger partial charge in [0.25, 0.3) is 10.0 Å². The Hall–Kier alpha value is -2.87. The summed E-state index contributed by atoms with van der Waals surface area (Å²) >= 11 is 0. The molecule has 2 aromatic rings. The van der Waals surface area contributed by atoms with Crippen LogP contribution in [0.1, 0.15) is 18.1 Å². The summed E-state index contributed by atoms with van der Waals surface area (Å²) in [5, 5.41) is 0. The van der Waals surface area contributed by atoms with Crippen LogP contribution in [0.15, 0.2) is 59.5 Å². The second-order valence-electron chi connectivity index (χ2n) is 6.72. The molecule has 1 unspecified atom stereocenters. The van der Waals surface area contributed by atoms with Gasteiger partial charge in [0.05, 0.1) is 4.90 Å². The summed E-state index contributed by atoms with van der Waals surface area (Å²) in [6, 6.07) is 14.2. The maximum absolute atomic E-state index is 13.1. The van der Waals surface area contributed by atoms with Crippen molar-refractivity contribution >= 4 is 22.0 Å². The molecule has 1 atom stereocenters. The summed E-state index contributed by atoms with van der Waals surface area (Å²) in [7, 11) is -4.08. The Morgan fingerprint density at radius 3 is 2.36 bits per heavy atom. The molecule has 0 aliphatic carbocycles. The number of hydrogen-bond acceptors (Lipinski definition) is 5. The van der Waals surface area contributed by atoms with E-state index < -0.39 is 28.1 Å². The highest BCUT2D eigenvalue weighted by molar-refractivity contribution is 7.89. The largest absolute Gasteiger partial charge is 0.464 e. The Kier molecular flexibility index (Phi) is 5.69. The van der Waals surface area contributed by atoms with E-state index in [4.69, 9.17) is 4.74 Å². The number of benzene rings is 2. The van der Waals surface area contributed by atoms with E-state index in [1.807, 2.05) is 37.3 Å². The zero-order chi connectivity index (χ0) is 20.3. The van der Waals surface area contributed by atoms with E-state index in [1.165, 1.54) is 24.0 Å². The van der Waals surface area contributed by atoms with Crippen LogP contribution in [0.5, 0.6) is 0 Å². The van der Waals surface area contributed by atoms with Gasteiger partial charge in [0.15, 0.2) is 0 Å². The molecule has 0 bridgehead atoms. The van der Waals surface area contributed by atoms with Crippen LogP contribution in [-0.2, 0) is 26.1 Å². The summed E-state index contributed by atoms with van der Waals surface area (Å²) in [5.74, 6) is -0.526. The monoisotopic (exact) mass is 402 g/mol. The van der Waals surface area contributed by atoms with Crippen molar-refractivity contribution in [2.45, 2.75) is 31.3 Å². The highest BCUT2D eigenvalue weighted by atomic mass is 32.2. The summed E-state index contributed by atoms with van der Waals surface area (Å²) in [6.07, 6.45) is 0. The lowest BCUT2D eigenvalue weighted by atomic mass is 10.2. The lowest BCUT2D eigenvalue weighted by Gasteiger charge is -2.22. The van der Waals surface area contributed by atoms with Crippen molar-refractivity contribution in [2.24, 2.45) is 0 Å². The van der Waals surface area contributed by atoms with Crippen molar-refractivity contribution in [1.29, 1.82) is 0 Å². The SMILES string of the molecule is CC(=O)OCC1CN(Cc2ccccc2)C(=O)N1S(=O)(=O)c1ccc(C)cc1. The van der Waals surface area contributed by atoms with Crippen LogP contribution >= 0.6 is 0 Å². The molecule has 0 N–H and O–H groups in total. The van der Waals surface area contributed by atoms with Gasteiger partial charge in [0.2, 0.25) is 0 Å². The third-order valence-corrected chi connectivity index (χ3v) is 6.33. The maximum Gasteiger partial charge on any atom is 0.334 e. The molecule has 2 amide bonds. The fourth-order valence-electron chi connectivity index (χ4n) is 3.10. The number of nitrogens with zero attached hydrogens (tertiary/aromatic N) is 2. The molecule has 28 heavy (non-hydrogen) atoms. The van der Waals surface area contributed by atoms with Crippen LogP contribution in [0.3, 0.4) is 0 Å². The third-order valence-electron chi connectivity index (χ3n) is 4.49. The van der Waals surface area contributed by atoms with Gasteiger partial charge in [0, 0.05) is 20.0 Å². The van der Waals surface area contributed by atoms with E-state index in [2.05, 4.69) is 0 Å². The standard InChI is InChI=1S/C20H22N2O5S/c1-15-8-10-19(11-9-15)28(25,26)22-18(14-27-16(2)23)13-21(20(22)24)12-17-6-4-3-5-7-17/h3-11,18H,12-14H2,1-2H3. The molecule has 3 rings (SSSR count). The first-order chi connectivity index (χ1) is 13.3. The Bertz CT molecular complexity index is 958. The lowest BCUT2D eigenvalue weighted by Crippen LogP contribution is -2.42. The number of carbonyl (C=O) groups excluding carboxylic acids is 2. The second-order valence-corrected chi connectivity index (χ2v) is 8.53. The number of rotatable bonds is 6. The summed E-state index contributed by atoms with van der Waals surface area (Å²) in [4.78, 5) is 25.7. The zero-order valence-corrected chi connectivity index (χ0v) is 16.6. The predicted molar refractivity (Wildman–Crippen MR) is 103 cm³/mol. The molecule has 0 aromatic heterocycles. The molecule has 1 heterocycles. The number of carbonyl (C=O) groups is 2. The van der Waals surface area contributed by atoms with Crippen molar-refractivity contribution in [3.05, 3.63) is 65.7 Å².